The number of nitrogens with one attached hydrogen (secondary N) is 1. The van der Waals surface area contributed by atoms with Crippen LogP contribution in [0.5, 0.6) is 0 Å². The number of hydrogen-bond acceptors (Lipinski definition) is 3. The first-order valence-corrected chi connectivity index (χ1v) is 8.91. The standard InChI is InChI=1S/C19H25N5O2/c1-15-14-22(2)21-17(15)8-9-20-19(26)24-12-10-23(11-13-24)18(25)16-6-4-3-5-7-16/h3-7,14H,8-13H2,1-2H3,(H,20,26). The molecule has 138 valence electrons. The number of amides is 3. The minimum Gasteiger partial charge on any atom is -0.338 e. The van der Waals surface area contributed by atoms with Crippen LogP contribution in [-0.4, -0.2) is 64.2 Å². The lowest BCUT2D eigenvalue weighted by Gasteiger charge is -2.34. The van der Waals surface area contributed by atoms with Crippen LogP contribution in [0, 0.1) is 6.92 Å². The van der Waals surface area contributed by atoms with Crippen LogP contribution in [0.3, 0.4) is 0 Å². The number of nitrogens with zero attached hydrogens (tertiary/aromatic N) is 4. The molecule has 26 heavy (non-hydrogen) atoms. The van der Waals surface area contributed by atoms with Gasteiger partial charge in [0.2, 0.25) is 0 Å². The van der Waals surface area contributed by atoms with Gasteiger partial charge in [-0.2, -0.15) is 5.10 Å². The van der Waals surface area contributed by atoms with Gasteiger partial charge >= 0.3 is 6.03 Å². The number of rotatable bonds is 4. The maximum atomic E-state index is 12.4. The molecule has 1 aliphatic rings. The molecule has 0 unspecified atom stereocenters. The normalized spacial score (nSPS) is 14.4. The van der Waals surface area contributed by atoms with E-state index in [0.717, 1.165) is 11.3 Å². The smallest absolute Gasteiger partial charge is 0.317 e. The van der Waals surface area contributed by atoms with Gasteiger partial charge in [-0.3, -0.25) is 9.48 Å². The fraction of sp³-hybridized carbons (Fsp3) is 0.421. The second kappa shape index (κ2) is 8.03. The Kier molecular flexibility index (Phi) is 5.55. The molecule has 1 saturated heterocycles. The molecule has 3 amide bonds. The van der Waals surface area contributed by atoms with Crippen molar-refractivity contribution in [2.24, 2.45) is 7.05 Å². The van der Waals surface area contributed by atoms with Crippen molar-refractivity contribution < 1.29 is 9.59 Å². The highest BCUT2D eigenvalue weighted by molar-refractivity contribution is 5.94. The molecule has 0 saturated carbocycles. The third-order valence-corrected chi connectivity index (χ3v) is 4.63. The maximum Gasteiger partial charge on any atom is 0.317 e. The first kappa shape index (κ1) is 18.0. The number of aromatic nitrogens is 2. The SMILES string of the molecule is Cc1cn(C)nc1CCNC(=O)N1CCN(C(=O)c2ccccc2)CC1. The molecule has 0 atom stereocenters. The van der Waals surface area contributed by atoms with Crippen LogP contribution >= 0.6 is 0 Å². The van der Waals surface area contributed by atoms with Gasteiger partial charge in [0.05, 0.1) is 5.69 Å². The lowest BCUT2D eigenvalue weighted by Crippen LogP contribution is -2.53. The highest BCUT2D eigenvalue weighted by Gasteiger charge is 2.24. The summed E-state index contributed by atoms with van der Waals surface area (Å²) in [6.45, 7) is 4.79. The second-order valence-corrected chi connectivity index (χ2v) is 6.56. The Morgan fingerprint density at radius 3 is 2.35 bits per heavy atom. The van der Waals surface area contributed by atoms with Crippen LogP contribution in [0.1, 0.15) is 21.6 Å². The fourth-order valence-electron chi connectivity index (χ4n) is 3.18. The predicted octanol–water partition coefficient (Wildman–Crippen LogP) is 1.44. The first-order valence-electron chi connectivity index (χ1n) is 8.91. The quantitative estimate of drug-likeness (QED) is 0.902. The molecule has 0 bridgehead atoms. The number of benzene rings is 1. The molecule has 7 nitrogen and oxygen atoms in total. The van der Waals surface area contributed by atoms with Crippen LogP contribution in [-0.2, 0) is 13.5 Å². The molecule has 2 heterocycles. The van der Waals surface area contributed by atoms with E-state index in [0.29, 0.717) is 44.7 Å². The van der Waals surface area contributed by atoms with Crippen LogP contribution in [0.25, 0.3) is 0 Å². The van der Waals surface area contributed by atoms with Crippen LogP contribution in [0.15, 0.2) is 36.5 Å². The molecular weight excluding hydrogens is 330 g/mol. The molecule has 7 heteroatoms. The van der Waals surface area contributed by atoms with Gasteiger partial charge < -0.3 is 15.1 Å². The Labute approximate surface area is 153 Å². The highest BCUT2D eigenvalue weighted by atomic mass is 16.2. The van der Waals surface area contributed by atoms with Crippen molar-refractivity contribution in [1.29, 1.82) is 0 Å². The zero-order chi connectivity index (χ0) is 18.5. The lowest BCUT2D eigenvalue weighted by atomic mass is 10.2. The van der Waals surface area contributed by atoms with Crippen LogP contribution in [0.2, 0.25) is 0 Å². The summed E-state index contributed by atoms with van der Waals surface area (Å²) in [5.74, 6) is 0.0243. The summed E-state index contributed by atoms with van der Waals surface area (Å²) in [6.07, 6.45) is 2.69. The number of carbonyl (C=O) groups excluding carboxylic acids is 2. The van der Waals surface area contributed by atoms with Gasteiger partial charge in [0.1, 0.15) is 0 Å². The summed E-state index contributed by atoms with van der Waals surface area (Å²) in [7, 11) is 1.89. The first-order chi connectivity index (χ1) is 12.5. The summed E-state index contributed by atoms with van der Waals surface area (Å²) in [5.41, 5.74) is 2.83. The molecule has 0 aliphatic carbocycles. The molecule has 1 N–H and O–H groups in total. The van der Waals surface area contributed by atoms with E-state index >= 15 is 0 Å². The third-order valence-electron chi connectivity index (χ3n) is 4.63. The zero-order valence-electron chi connectivity index (χ0n) is 15.3. The maximum absolute atomic E-state index is 12.4. The zero-order valence-corrected chi connectivity index (χ0v) is 15.3. The summed E-state index contributed by atoms with van der Waals surface area (Å²) in [4.78, 5) is 28.3. The molecule has 1 fully saturated rings. The molecular formula is C19H25N5O2. The fourth-order valence-corrected chi connectivity index (χ4v) is 3.18. The van der Waals surface area contributed by atoms with E-state index in [-0.39, 0.29) is 11.9 Å². The van der Waals surface area contributed by atoms with Gasteiger partial charge in [0.15, 0.2) is 0 Å². The summed E-state index contributed by atoms with van der Waals surface area (Å²) in [5, 5.41) is 7.33. The Bertz CT molecular complexity index is 763. The van der Waals surface area contributed by atoms with Gasteiger partial charge in [0.25, 0.3) is 5.91 Å². The lowest BCUT2D eigenvalue weighted by molar-refractivity contribution is 0.0665. The number of carbonyl (C=O) groups is 2. The van der Waals surface area contributed by atoms with E-state index in [1.165, 1.54) is 0 Å². The molecule has 2 aromatic rings. The topological polar surface area (TPSA) is 70.5 Å². The van der Waals surface area contributed by atoms with Crippen LogP contribution in [0.4, 0.5) is 4.79 Å². The molecule has 1 aromatic heterocycles. The minimum absolute atomic E-state index is 0.0243. The van der Waals surface area contributed by atoms with Crippen molar-refractivity contribution in [3.63, 3.8) is 0 Å². The summed E-state index contributed by atoms with van der Waals surface area (Å²) >= 11 is 0. The van der Waals surface area contributed by atoms with Crippen molar-refractivity contribution in [2.45, 2.75) is 13.3 Å². The monoisotopic (exact) mass is 355 g/mol. The van der Waals surface area contributed by atoms with Gasteiger partial charge in [-0.05, 0) is 24.6 Å². The molecule has 0 radical (unpaired) electrons. The molecule has 1 aliphatic heterocycles. The number of hydrogen-bond donors (Lipinski definition) is 1. The average molecular weight is 355 g/mol. The van der Waals surface area contributed by atoms with E-state index in [1.54, 1.807) is 14.5 Å². The average Bonchev–Trinajstić information content (AvgIpc) is 2.99. The van der Waals surface area contributed by atoms with Gasteiger partial charge in [-0.25, -0.2) is 4.79 Å². The van der Waals surface area contributed by atoms with Gasteiger partial charge in [-0.15, -0.1) is 0 Å². The van der Waals surface area contributed by atoms with Crippen molar-refractivity contribution >= 4 is 11.9 Å². The second-order valence-electron chi connectivity index (χ2n) is 6.56. The number of piperazine rings is 1. The Balaban J connectivity index is 1.43. The van der Waals surface area contributed by atoms with E-state index < -0.39 is 0 Å². The Morgan fingerprint density at radius 1 is 1.08 bits per heavy atom. The largest absolute Gasteiger partial charge is 0.338 e. The number of urea groups is 1. The van der Waals surface area contributed by atoms with Crippen molar-refractivity contribution in [2.75, 3.05) is 32.7 Å². The summed E-state index contributed by atoms with van der Waals surface area (Å²) in [6, 6.07) is 9.18. The van der Waals surface area contributed by atoms with E-state index in [1.807, 2.05) is 50.5 Å². The molecule has 1 aromatic carbocycles. The van der Waals surface area contributed by atoms with E-state index in [9.17, 15) is 9.59 Å². The Hall–Kier alpha value is -2.83. The van der Waals surface area contributed by atoms with E-state index in [4.69, 9.17) is 0 Å². The van der Waals surface area contributed by atoms with Gasteiger partial charge in [0, 0.05) is 58.0 Å². The van der Waals surface area contributed by atoms with Crippen molar-refractivity contribution in [3.05, 3.63) is 53.3 Å². The highest BCUT2D eigenvalue weighted by Crippen LogP contribution is 2.09. The molecule has 0 spiro atoms. The van der Waals surface area contributed by atoms with Crippen LogP contribution < -0.4 is 5.32 Å². The van der Waals surface area contributed by atoms with Crippen molar-refractivity contribution in [3.8, 4) is 0 Å². The number of aryl methyl sites for hydroxylation is 2. The van der Waals surface area contributed by atoms with Gasteiger partial charge in [-0.1, -0.05) is 18.2 Å². The van der Waals surface area contributed by atoms with Crippen molar-refractivity contribution in [1.82, 2.24) is 24.9 Å². The molecule has 3 rings (SSSR count). The predicted molar refractivity (Wildman–Crippen MR) is 99.0 cm³/mol. The summed E-state index contributed by atoms with van der Waals surface area (Å²) < 4.78 is 1.79. The Morgan fingerprint density at radius 2 is 1.73 bits per heavy atom. The van der Waals surface area contributed by atoms with E-state index in [2.05, 4.69) is 10.4 Å². The minimum atomic E-state index is -0.0783. The third kappa shape index (κ3) is 4.22.